The van der Waals surface area contributed by atoms with E-state index in [2.05, 4.69) is 74.1 Å². The Bertz CT molecular complexity index is 662. The van der Waals surface area contributed by atoms with E-state index >= 15 is 0 Å². The van der Waals surface area contributed by atoms with Crippen molar-refractivity contribution in [2.45, 2.75) is 27.7 Å². The number of hydrogen-bond acceptors (Lipinski definition) is 2. The molecule has 0 fully saturated rings. The SMILES string of the molecule is Cc1cccc(C)c1N=CC=Nc1c(C)cccc1C.[Cl][Ti]([Cl])([Cl])[Cl]. The topological polar surface area (TPSA) is 24.7 Å². The zero-order valence-corrected chi connectivity index (χ0v) is 19.1. The van der Waals surface area contributed by atoms with Crippen molar-refractivity contribution in [3.63, 3.8) is 0 Å². The van der Waals surface area contributed by atoms with Crippen molar-refractivity contribution >= 4 is 61.0 Å². The van der Waals surface area contributed by atoms with Gasteiger partial charge in [0.25, 0.3) is 0 Å². The molecule has 0 amide bonds. The van der Waals surface area contributed by atoms with Gasteiger partial charge in [-0.1, -0.05) is 36.4 Å². The van der Waals surface area contributed by atoms with Crippen molar-refractivity contribution in [1.82, 2.24) is 0 Å². The van der Waals surface area contributed by atoms with E-state index in [0.29, 0.717) is 0 Å². The first-order chi connectivity index (χ1) is 11.6. The van der Waals surface area contributed by atoms with Crippen molar-refractivity contribution in [2.75, 3.05) is 0 Å². The van der Waals surface area contributed by atoms with Crippen molar-refractivity contribution in [1.29, 1.82) is 0 Å². The number of benzene rings is 2. The Hall–Kier alpha value is -0.346. The van der Waals surface area contributed by atoms with Gasteiger partial charge in [-0.15, -0.1) is 0 Å². The van der Waals surface area contributed by atoms with Crippen LogP contribution in [0.5, 0.6) is 0 Å². The van der Waals surface area contributed by atoms with Crippen LogP contribution < -0.4 is 0 Å². The summed E-state index contributed by atoms with van der Waals surface area (Å²) in [4.78, 5) is 9.01. The van der Waals surface area contributed by atoms with Crippen LogP contribution in [-0.2, 0) is 12.3 Å². The second kappa shape index (κ2) is 10.7. The Morgan fingerprint density at radius 2 is 0.880 bits per heavy atom. The Morgan fingerprint density at radius 1 is 0.640 bits per heavy atom. The van der Waals surface area contributed by atoms with Crippen LogP contribution in [0, 0.1) is 27.7 Å². The van der Waals surface area contributed by atoms with Crippen LogP contribution >= 0.6 is 37.2 Å². The average molecular weight is 454 g/mol. The van der Waals surface area contributed by atoms with E-state index in [1.54, 1.807) is 12.4 Å². The van der Waals surface area contributed by atoms with Crippen LogP contribution in [-0.4, -0.2) is 12.4 Å². The Morgan fingerprint density at radius 3 is 1.12 bits per heavy atom. The third kappa shape index (κ3) is 9.24. The van der Waals surface area contributed by atoms with E-state index in [1.165, 1.54) is 22.3 Å². The zero-order valence-electron chi connectivity index (χ0n) is 14.5. The first-order valence-electron chi connectivity index (χ1n) is 7.54. The van der Waals surface area contributed by atoms with Crippen molar-refractivity contribution in [2.24, 2.45) is 9.98 Å². The van der Waals surface area contributed by atoms with Crippen molar-refractivity contribution in [3.05, 3.63) is 58.7 Å². The number of rotatable bonds is 3. The molecule has 2 aromatic carbocycles. The molecule has 0 unspecified atom stereocenters. The molecular weight excluding hydrogens is 434 g/mol. The molecule has 0 aromatic heterocycles. The molecule has 0 N–H and O–H groups in total. The molecule has 0 aliphatic carbocycles. The fourth-order valence-electron chi connectivity index (χ4n) is 2.23. The van der Waals surface area contributed by atoms with Crippen LogP contribution in [0.1, 0.15) is 22.3 Å². The number of para-hydroxylation sites is 2. The number of hydrogen-bond donors (Lipinski definition) is 0. The molecule has 2 aromatic rings. The zero-order chi connectivity index (χ0) is 19.0. The van der Waals surface area contributed by atoms with E-state index in [0.717, 1.165) is 11.4 Å². The summed E-state index contributed by atoms with van der Waals surface area (Å²) in [5.41, 5.74) is 6.79. The quantitative estimate of drug-likeness (QED) is 0.334. The van der Waals surface area contributed by atoms with Crippen LogP contribution in [0.4, 0.5) is 11.4 Å². The van der Waals surface area contributed by atoms with Gasteiger partial charge in [-0.25, -0.2) is 0 Å². The molecule has 0 aliphatic rings. The Kier molecular flexibility index (Phi) is 9.73. The molecule has 0 saturated carbocycles. The summed E-state index contributed by atoms with van der Waals surface area (Å²) in [6.45, 7) is 8.29. The fourth-order valence-corrected chi connectivity index (χ4v) is 2.23. The predicted molar refractivity (Wildman–Crippen MR) is 112 cm³/mol. The van der Waals surface area contributed by atoms with Gasteiger partial charge in [0.2, 0.25) is 0 Å². The number of halogens is 4. The van der Waals surface area contributed by atoms with Crippen LogP contribution in [0.3, 0.4) is 0 Å². The maximum absolute atomic E-state index is 5.01. The van der Waals surface area contributed by atoms with Crippen LogP contribution in [0.25, 0.3) is 0 Å². The number of aryl methyl sites for hydroxylation is 4. The van der Waals surface area contributed by atoms with E-state index in [-0.39, 0.29) is 0 Å². The Labute approximate surface area is 168 Å². The normalized spacial score (nSPS) is 11.7. The second-order valence-electron chi connectivity index (χ2n) is 5.47. The molecule has 2 rings (SSSR count). The van der Waals surface area contributed by atoms with Gasteiger partial charge in [0, 0.05) is 12.4 Å². The first-order valence-corrected chi connectivity index (χ1v) is 16.1. The molecule has 0 aliphatic heterocycles. The molecule has 0 atom stereocenters. The van der Waals surface area contributed by atoms with Crippen LogP contribution in [0.15, 0.2) is 46.4 Å². The molecular formula is C18H20Cl4N2Ti. The summed E-state index contributed by atoms with van der Waals surface area (Å²) >= 11 is -3.11. The third-order valence-corrected chi connectivity index (χ3v) is 3.35. The summed E-state index contributed by atoms with van der Waals surface area (Å²) in [7, 11) is 20.1. The molecule has 2 nitrogen and oxygen atoms in total. The average Bonchev–Trinajstić information content (AvgIpc) is 2.47. The molecule has 7 heteroatoms. The summed E-state index contributed by atoms with van der Waals surface area (Å²) in [6, 6.07) is 12.4. The first kappa shape index (κ1) is 22.7. The second-order valence-corrected chi connectivity index (χ2v) is 20.9. The summed E-state index contributed by atoms with van der Waals surface area (Å²) in [5, 5.41) is 0. The molecule has 0 heterocycles. The fraction of sp³-hybridized carbons (Fsp3) is 0.222. The molecule has 25 heavy (non-hydrogen) atoms. The minimum absolute atomic E-state index is 1.03. The number of aliphatic imine (C=N–C) groups is 2. The molecule has 0 radical (unpaired) electrons. The molecule has 0 saturated heterocycles. The van der Waals surface area contributed by atoms with Gasteiger partial charge in [0.15, 0.2) is 0 Å². The van der Waals surface area contributed by atoms with E-state index in [1.807, 2.05) is 0 Å². The van der Waals surface area contributed by atoms with Crippen LogP contribution in [0.2, 0.25) is 0 Å². The number of nitrogens with zero attached hydrogens (tertiary/aromatic N) is 2. The van der Waals surface area contributed by atoms with Gasteiger partial charge >= 0.3 is 49.6 Å². The minimum atomic E-state index is -3.11. The monoisotopic (exact) mass is 452 g/mol. The van der Waals surface area contributed by atoms with Gasteiger partial charge in [-0.05, 0) is 49.9 Å². The van der Waals surface area contributed by atoms with Gasteiger partial charge < -0.3 is 0 Å². The van der Waals surface area contributed by atoms with E-state index in [9.17, 15) is 0 Å². The van der Waals surface area contributed by atoms with Crippen molar-refractivity contribution < 1.29 is 12.3 Å². The predicted octanol–water partition coefficient (Wildman–Crippen LogP) is 7.78. The third-order valence-electron chi connectivity index (χ3n) is 3.35. The summed E-state index contributed by atoms with van der Waals surface area (Å²) in [6.07, 6.45) is 3.53. The van der Waals surface area contributed by atoms with Crippen molar-refractivity contribution in [3.8, 4) is 0 Å². The Balaban J connectivity index is 0.000000550. The summed E-state index contributed by atoms with van der Waals surface area (Å²) < 4.78 is 0. The molecule has 0 bridgehead atoms. The maximum atomic E-state index is 5.01. The van der Waals surface area contributed by atoms with Gasteiger partial charge in [0.05, 0.1) is 11.4 Å². The summed E-state index contributed by atoms with van der Waals surface area (Å²) in [5.74, 6) is 0. The standard InChI is InChI=1S/C18H20N2.4ClH.Ti/c1-13-7-5-8-14(2)17(13)19-11-12-20-18-15(3)9-6-10-16(18)4;;;;;/h5-12H,1-4H3;4*1H;/q;;;;;+4/p-4. The van der Waals surface area contributed by atoms with Gasteiger partial charge in [0.1, 0.15) is 0 Å². The molecule has 0 spiro atoms. The van der Waals surface area contributed by atoms with E-state index < -0.39 is 12.3 Å². The van der Waals surface area contributed by atoms with E-state index in [4.69, 9.17) is 37.2 Å². The molecule has 134 valence electrons. The van der Waals surface area contributed by atoms with Gasteiger partial charge in [-0.3, -0.25) is 9.98 Å². The van der Waals surface area contributed by atoms with Gasteiger partial charge in [-0.2, -0.15) is 0 Å².